The molecular weight excluding hydrogens is 312 g/mol. The highest BCUT2D eigenvalue weighted by Gasteiger charge is 2.60. The Labute approximate surface area is 148 Å². The summed E-state index contributed by atoms with van der Waals surface area (Å²) in [6, 6.07) is 13.7. The molecule has 2 aliphatic rings. The number of oxime groups is 1. The number of rotatable bonds is 2. The van der Waals surface area contributed by atoms with Crippen LogP contribution in [0.2, 0.25) is 0 Å². The standard InChI is InChI=1S/C21H24N2O2/c1-20(2)15-11-12-21(20,3)18(13-15)23-25-19(24)22-17-10-6-8-14-7-4-5-9-16(14)17/h4-10,15H,11-13H2,1-3H3,(H,22,24)/b23-18-. The molecule has 0 aliphatic heterocycles. The molecule has 4 rings (SSSR count). The molecule has 0 spiro atoms. The number of amides is 1. The van der Waals surface area contributed by atoms with E-state index in [1.165, 1.54) is 6.42 Å². The van der Waals surface area contributed by atoms with Crippen LogP contribution in [0.3, 0.4) is 0 Å². The molecule has 2 bridgehead atoms. The zero-order chi connectivity index (χ0) is 17.7. The zero-order valence-electron chi connectivity index (χ0n) is 15.0. The summed E-state index contributed by atoms with van der Waals surface area (Å²) >= 11 is 0. The molecule has 1 N–H and O–H groups in total. The molecule has 2 fully saturated rings. The molecule has 0 aromatic heterocycles. The molecule has 2 aliphatic carbocycles. The Morgan fingerprint density at radius 3 is 2.64 bits per heavy atom. The lowest BCUT2D eigenvalue weighted by atomic mass is 9.70. The van der Waals surface area contributed by atoms with Crippen molar-refractivity contribution in [2.75, 3.05) is 5.32 Å². The quantitative estimate of drug-likeness (QED) is 0.574. The van der Waals surface area contributed by atoms with E-state index in [2.05, 4.69) is 31.2 Å². The predicted molar refractivity (Wildman–Crippen MR) is 101 cm³/mol. The second-order valence-electron chi connectivity index (χ2n) is 8.06. The van der Waals surface area contributed by atoms with Crippen molar-refractivity contribution < 1.29 is 9.63 Å². The number of nitrogens with one attached hydrogen (secondary N) is 1. The first kappa shape index (κ1) is 16.1. The summed E-state index contributed by atoms with van der Waals surface area (Å²) in [4.78, 5) is 17.5. The SMILES string of the molecule is CC12CCC(C/C1=N/OC(=O)Nc1cccc3ccccc13)C2(C)C. The number of anilines is 1. The van der Waals surface area contributed by atoms with E-state index in [9.17, 15) is 4.79 Å². The first-order chi connectivity index (χ1) is 11.9. The van der Waals surface area contributed by atoms with Crippen LogP contribution < -0.4 is 5.32 Å². The summed E-state index contributed by atoms with van der Waals surface area (Å²) in [6.07, 6.45) is 2.76. The maximum absolute atomic E-state index is 12.2. The highest BCUT2D eigenvalue weighted by Crippen LogP contribution is 2.63. The van der Waals surface area contributed by atoms with E-state index in [-0.39, 0.29) is 10.8 Å². The molecule has 25 heavy (non-hydrogen) atoms. The molecule has 2 saturated carbocycles. The first-order valence-corrected chi connectivity index (χ1v) is 8.95. The lowest BCUT2D eigenvalue weighted by Gasteiger charge is -2.34. The van der Waals surface area contributed by atoms with Gasteiger partial charge < -0.3 is 0 Å². The molecule has 4 heteroatoms. The highest BCUT2D eigenvalue weighted by molar-refractivity contribution is 6.00. The molecule has 130 valence electrons. The van der Waals surface area contributed by atoms with Crippen LogP contribution in [0.4, 0.5) is 10.5 Å². The smallest absolute Gasteiger partial charge is 0.298 e. The Kier molecular flexibility index (Phi) is 3.60. The van der Waals surface area contributed by atoms with Gasteiger partial charge in [-0.05, 0) is 42.0 Å². The van der Waals surface area contributed by atoms with Crippen LogP contribution in [0.25, 0.3) is 10.8 Å². The molecular formula is C21H24N2O2. The highest BCUT2D eigenvalue weighted by atomic mass is 16.7. The Balaban J connectivity index is 1.50. The number of hydrogen-bond acceptors (Lipinski definition) is 3. The van der Waals surface area contributed by atoms with E-state index >= 15 is 0 Å². The van der Waals surface area contributed by atoms with Crippen molar-refractivity contribution in [2.45, 2.75) is 40.0 Å². The molecule has 1 amide bonds. The van der Waals surface area contributed by atoms with Gasteiger partial charge >= 0.3 is 6.09 Å². The minimum atomic E-state index is -0.534. The van der Waals surface area contributed by atoms with Gasteiger partial charge in [-0.2, -0.15) is 0 Å². The molecule has 2 aromatic rings. The zero-order valence-corrected chi connectivity index (χ0v) is 15.0. The Hall–Kier alpha value is -2.36. The van der Waals surface area contributed by atoms with E-state index in [0.29, 0.717) is 5.92 Å². The topological polar surface area (TPSA) is 50.7 Å². The second kappa shape index (κ2) is 5.58. The third-order valence-electron chi connectivity index (χ3n) is 6.78. The first-order valence-electron chi connectivity index (χ1n) is 8.95. The number of fused-ring (bicyclic) bond motifs is 3. The van der Waals surface area contributed by atoms with Crippen LogP contribution in [0.15, 0.2) is 47.6 Å². The van der Waals surface area contributed by atoms with Crippen LogP contribution in [0.5, 0.6) is 0 Å². The predicted octanol–water partition coefficient (Wildman–Crippen LogP) is 5.59. The van der Waals surface area contributed by atoms with E-state index in [4.69, 9.17) is 4.84 Å². The number of carbonyl (C=O) groups is 1. The molecule has 2 atom stereocenters. The summed E-state index contributed by atoms with van der Waals surface area (Å²) in [6.45, 7) is 6.87. The lowest BCUT2D eigenvalue weighted by Crippen LogP contribution is -2.32. The van der Waals surface area contributed by atoms with Crippen LogP contribution >= 0.6 is 0 Å². The Morgan fingerprint density at radius 2 is 1.92 bits per heavy atom. The lowest BCUT2D eigenvalue weighted by molar-refractivity contribution is 0.160. The average molecular weight is 336 g/mol. The Bertz CT molecular complexity index is 866. The van der Waals surface area contributed by atoms with Crippen molar-refractivity contribution in [2.24, 2.45) is 21.9 Å². The summed E-state index contributed by atoms with van der Waals surface area (Å²) in [5, 5.41) is 9.14. The fourth-order valence-electron chi connectivity index (χ4n) is 4.63. The minimum absolute atomic E-state index is 0.0391. The van der Waals surface area contributed by atoms with Crippen LogP contribution in [0, 0.1) is 16.7 Å². The third-order valence-corrected chi connectivity index (χ3v) is 6.78. The largest absolute Gasteiger partial charge is 0.437 e. The van der Waals surface area contributed by atoms with Gasteiger partial charge in [-0.15, -0.1) is 0 Å². The van der Waals surface area contributed by atoms with Crippen LogP contribution in [0.1, 0.15) is 40.0 Å². The van der Waals surface area contributed by atoms with Crippen molar-refractivity contribution >= 4 is 28.3 Å². The van der Waals surface area contributed by atoms with Crippen molar-refractivity contribution in [3.05, 3.63) is 42.5 Å². The molecule has 0 radical (unpaired) electrons. The van der Waals surface area contributed by atoms with Crippen molar-refractivity contribution in [3.63, 3.8) is 0 Å². The molecule has 0 saturated heterocycles. The number of benzene rings is 2. The van der Waals surface area contributed by atoms with Gasteiger partial charge in [0.2, 0.25) is 0 Å². The summed E-state index contributed by atoms with van der Waals surface area (Å²) in [7, 11) is 0. The van der Waals surface area contributed by atoms with Gasteiger partial charge in [-0.1, -0.05) is 62.3 Å². The van der Waals surface area contributed by atoms with Crippen LogP contribution in [-0.4, -0.2) is 11.8 Å². The average Bonchev–Trinajstić information content (AvgIpc) is 2.93. The summed E-state index contributed by atoms with van der Waals surface area (Å²) < 4.78 is 0. The number of carbonyl (C=O) groups excluding carboxylic acids is 1. The second-order valence-corrected chi connectivity index (χ2v) is 8.06. The van der Waals surface area contributed by atoms with Gasteiger partial charge in [0.1, 0.15) is 0 Å². The van der Waals surface area contributed by atoms with E-state index in [0.717, 1.165) is 35.0 Å². The maximum atomic E-state index is 12.2. The van der Waals surface area contributed by atoms with Crippen molar-refractivity contribution in [1.82, 2.24) is 0 Å². The third kappa shape index (κ3) is 2.43. The van der Waals surface area contributed by atoms with Crippen molar-refractivity contribution in [1.29, 1.82) is 0 Å². The van der Waals surface area contributed by atoms with Gasteiger partial charge in [0.25, 0.3) is 0 Å². The van der Waals surface area contributed by atoms with Gasteiger partial charge in [0.15, 0.2) is 0 Å². The Morgan fingerprint density at radius 1 is 1.16 bits per heavy atom. The maximum Gasteiger partial charge on any atom is 0.437 e. The monoisotopic (exact) mass is 336 g/mol. The summed E-state index contributed by atoms with van der Waals surface area (Å²) in [5.41, 5.74) is 2.03. The molecule has 2 unspecified atom stereocenters. The summed E-state index contributed by atoms with van der Waals surface area (Å²) in [5.74, 6) is 0.640. The normalized spacial score (nSPS) is 28.4. The number of hydrogen-bond donors (Lipinski definition) is 1. The number of nitrogens with zero attached hydrogens (tertiary/aromatic N) is 1. The van der Waals surface area contributed by atoms with Gasteiger partial charge in [-0.25, -0.2) is 4.79 Å². The molecule has 0 heterocycles. The van der Waals surface area contributed by atoms with Gasteiger partial charge in [0.05, 0.1) is 11.4 Å². The fraction of sp³-hybridized carbons (Fsp3) is 0.429. The van der Waals surface area contributed by atoms with Crippen molar-refractivity contribution in [3.8, 4) is 0 Å². The molecule has 2 aromatic carbocycles. The molecule has 4 nitrogen and oxygen atoms in total. The van der Waals surface area contributed by atoms with E-state index in [1.807, 2.05) is 42.5 Å². The fourth-order valence-corrected chi connectivity index (χ4v) is 4.63. The minimum Gasteiger partial charge on any atom is -0.298 e. The van der Waals surface area contributed by atoms with Gasteiger partial charge in [-0.3, -0.25) is 10.2 Å². The van der Waals surface area contributed by atoms with Crippen LogP contribution in [-0.2, 0) is 4.84 Å². The van der Waals surface area contributed by atoms with Gasteiger partial charge in [0, 0.05) is 10.8 Å². The van der Waals surface area contributed by atoms with E-state index < -0.39 is 6.09 Å². The van der Waals surface area contributed by atoms with E-state index in [1.54, 1.807) is 0 Å².